The van der Waals surface area contributed by atoms with Crippen molar-refractivity contribution < 1.29 is 129 Å². The van der Waals surface area contributed by atoms with Gasteiger partial charge in [-0.15, -0.1) is 0 Å². The molecule has 0 amide bonds. The van der Waals surface area contributed by atoms with Crippen molar-refractivity contribution in [2.24, 2.45) is 0 Å². The first kappa shape index (κ1) is 31.0. The fourth-order valence-corrected chi connectivity index (χ4v) is 0.534. The minimum atomic E-state index is -1.79. The molecule has 1 atom stereocenters. The van der Waals surface area contributed by atoms with Gasteiger partial charge in [-0.2, -0.15) is 0 Å². The first-order valence-electron chi connectivity index (χ1n) is 3.17. The van der Waals surface area contributed by atoms with E-state index < -0.39 is 37.0 Å². The van der Waals surface area contributed by atoms with Crippen molar-refractivity contribution in [1.29, 1.82) is 0 Å². The molecule has 17 heavy (non-hydrogen) atoms. The van der Waals surface area contributed by atoms with Crippen LogP contribution >= 0.6 is 0 Å². The SMILES string of the molecule is O.O=C([O-])CC(OCC(=O)O)C(=O)[O-].[Na+].[Na+].[Na+]. The number of rotatable bonds is 6. The van der Waals surface area contributed by atoms with Crippen LogP contribution in [0.5, 0.6) is 0 Å². The van der Waals surface area contributed by atoms with Gasteiger partial charge in [0.1, 0.15) is 12.7 Å². The summed E-state index contributed by atoms with van der Waals surface area (Å²) in [5.41, 5.74) is 0. The molecule has 0 aliphatic carbocycles. The predicted octanol–water partition coefficient (Wildman–Crippen LogP) is -13.5. The van der Waals surface area contributed by atoms with E-state index in [2.05, 4.69) is 4.74 Å². The number of carbonyl (C=O) groups is 3. The summed E-state index contributed by atoms with van der Waals surface area (Å²) >= 11 is 0. The van der Waals surface area contributed by atoms with Crippen LogP contribution in [0.3, 0.4) is 0 Å². The van der Waals surface area contributed by atoms with Crippen molar-refractivity contribution in [1.82, 2.24) is 0 Å². The summed E-state index contributed by atoms with van der Waals surface area (Å²) in [4.78, 5) is 30.0. The van der Waals surface area contributed by atoms with E-state index in [1.165, 1.54) is 0 Å². The van der Waals surface area contributed by atoms with Crippen molar-refractivity contribution in [3.8, 4) is 0 Å². The van der Waals surface area contributed by atoms with Gasteiger partial charge < -0.3 is 35.1 Å². The monoisotopic (exact) mass is 277 g/mol. The summed E-state index contributed by atoms with van der Waals surface area (Å²) in [5, 5.41) is 28.1. The van der Waals surface area contributed by atoms with Crippen LogP contribution in [0.1, 0.15) is 6.42 Å². The summed E-state index contributed by atoms with van der Waals surface area (Å²) in [6, 6.07) is 0. The van der Waals surface area contributed by atoms with Crippen LogP contribution in [0.25, 0.3) is 0 Å². The molecule has 0 rings (SSSR count). The Morgan fingerprint density at radius 1 is 1.12 bits per heavy atom. The van der Waals surface area contributed by atoms with E-state index in [4.69, 9.17) is 5.11 Å². The van der Waals surface area contributed by atoms with E-state index in [-0.39, 0.29) is 94.1 Å². The first-order valence-corrected chi connectivity index (χ1v) is 3.17. The molecule has 0 fully saturated rings. The third kappa shape index (κ3) is 19.8. The molecule has 0 saturated heterocycles. The number of carbonyl (C=O) groups excluding carboxylic acids is 2. The Kier molecular flexibility index (Phi) is 31.6. The average molecular weight is 277 g/mol. The number of aliphatic carboxylic acids is 3. The van der Waals surface area contributed by atoms with Gasteiger partial charge in [-0.3, -0.25) is 0 Å². The minimum Gasteiger partial charge on any atom is -0.550 e. The largest absolute Gasteiger partial charge is 1.00 e. The molecule has 0 aliphatic heterocycles. The maximum atomic E-state index is 10.1. The summed E-state index contributed by atoms with van der Waals surface area (Å²) in [5.74, 6) is -4.84. The molecule has 0 saturated carbocycles. The van der Waals surface area contributed by atoms with E-state index >= 15 is 0 Å². The zero-order chi connectivity index (χ0) is 10.4. The Morgan fingerprint density at radius 2 is 1.53 bits per heavy atom. The van der Waals surface area contributed by atoms with Crippen molar-refractivity contribution in [2.45, 2.75) is 12.5 Å². The van der Waals surface area contributed by atoms with Gasteiger partial charge in [0.15, 0.2) is 0 Å². The minimum absolute atomic E-state index is 0. The van der Waals surface area contributed by atoms with Gasteiger partial charge in [0.2, 0.25) is 0 Å². The van der Waals surface area contributed by atoms with E-state index in [1.807, 2.05) is 0 Å². The molecule has 0 heterocycles. The van der Waals surface area contributed by atoms with Gasteiger partial charge >= 0.3 is 94.6 Å². The number of hydrogen-bond acceptors (Lipinski definition) is 6. The maximum Gasteiger partial charge on any atom is 1.00 e. The average Bonchev–Trinajstić information content (AvgIpc) is 1.96. The molecule has 82 valence electrons. The van der Waals surface area contributed by atoms with E-state index in [9.17, 15) is 24.6 Å². The fourth-order valence-electron chi connectivity index (χ4n) is 0.534. The molecule has 0 aromatic carbocycles. The van der Waals surface area contributed by atoms with E-state index in [1.54, 1.807) is 0 Å². The smallest absolute Gasteiger partial charge is 0.550 e. The number of carboxylic acid groups (broad SMARTS) is 3. The second-order valence-corrected chi connectivity index (χ2v) is 2.09. The Bertz CT molecular complexity index is 233. The van der Waals surface area contributed by atoms with Crippen LogP contribution in [0.15, 0.2) is 0 Å². The van der Waals surface area contributed by atoms with Gasteiger partial charge in [0, 0.05) is 12.4 Å². The molecule has 0 aromatic heterocycles. The quantitative estimate of drug-likeness (QED) is 0.472. The third-order valence-electron chi connectivity index (χ3n) is 1.02. The Morgan fingerprint density at radius 3 is 1.76 bits per heavy atom. The molecule has 0 aromatic rings. The summed E-state index contributed by atoms with van der Waals surface area (Å²) in [6.07, 6.45) is -2.73. The van der Waals surface area contributed by atoms with Gasteiger partial charge in [-0.25, -0.2) is 4.79 Å². The summed E-state index contributed by atoms with van der Waals surface area (Å²) < 4.78 is 4.19. The molecule has 0 radical (unpaired) electrons. The number of carboxylic acids is 3. The van der Waals surface area contributed by atoms with Crippen molar-refractivity contribution in [3.05, 3.63) is 0 Å². The van der Waals surface area contributed by atoms with Crippen molar-refractivity contribution in [2.75, 3.05) is 6.61 Å². The maximum absolute atomic E-state index is 10.1. The van der Waals surface area contributed by atoms with Gasteiger partial charge in [-0.1, -0.05) is 0 Å². The summed E-state index contributed by atoms with van der Waals surface area (Å²) in [7, 11) is 0. The second kappa shape index (κ2) is 17.3. The summed E-state index contributed by atoms with van der Waals surface area (Å²) in [6.45, 7) is -0.897. The first-order chi connectivity index (χ1) is 5.93. The number of hydrogen-bond donors (Lipinski definition) is 1. The molecule has 0 aliphatic rings. The van der Waals surface area contributed by atoms with Crippen LogP contribution in [-0.4, -0.2) is 41.2 Å². The van der Waals surface area contributed by atoms with E-state index in [0.29, 0.717) is 0 Å². The Balaban J connectivity index is -0.000000120. The zero-order valence-corrected chi connectivity index (χ0v) is 15.9. The van der Waals surface area contributed by atoms with Crippen LogP contribution in [0, 0.1) is 0 Å². The molecule has 0 spiro atoms. The predicted molar refractivity (Wildman–Crippen MR) is 35.6 cm³/mol. The fraction of sp³-hybridized carbons (Fsp3) is 0.500. The molecule has 3 N–H and O–H groups in total. The van der Waals surface area contributed by atoms with Crippen LogP contribution in [0.4, 0.5) is 0 Å². The van der Waals surface area contributed by atoms with Crippen molar-refractivity contribution in [3.63, 3.8) is 0 Å². The van der Waals surface area contributed by atoms with Gasteiger partial charge in [0.05, 0.1) is 5.97 Å². The molecular formula is C6H8Na3O8+. The van der Waals surface area contributed by atoms with Crippen molar-refractivity contribution >= 4 is 17.9 Å². The second-order valence-electron chi connectivity index (χ2n) is 2.09. The van der Waals surface area contributed by atoms with Gasteiger partial charge in [0.25, 0.3) is 0 Å². The Hall–Kier alpha value is 1.33. The molecular weight excluding hydrogens is 269 g/mol. The molecule has 1 unspecified atom stereocenters. The normalized spacial score (nSPS) is 9.18. The van der Waals surface area contributed by atoms with Gasteiger partial charge in [-0.05, 0) is 0 Å². The molecule has 0 bridgehead atoms. The zero-order valence-electron chi connectivity index (χ0n) is 9.89. The topological polar surface area (TPSA) is 158 Å². The standard InChI is InChI=1S/C6H8O7.3Na.H2O/c7-4(8)1-3(6(11)12)13-2-5(9)10;;;;/h3H,1-2H2,(H,7,8)(H,9,10)(H,11,12);;;;1H2/q;3*+1;/p-2. The Labute approximate surface area is 163 Å². The number of ether oxygens (including phenoxy) is 1. The van der Waals surface area contributed by atoms with E-state index in [0.717, 1.165) is 0 Å². The molecule has 8 nitrogen and oxygen atoms in total. The molecule has 11 heteroatoms. The van der Waals surface area contributed by atoms with Crippen LogP contribution < -0.4 is 98.9 Å². The van der Waals surface area contributed by atoms with Crippen LogP contribution in [-0.2, 0) is 19.1 Å². The third-order valence-corrected chi connectivity index (χ3v) is 1.02. The van der Waals surface area contributed by atoms with Crippen LogP contribution in [0.2, 0.25) is 0 Å².